The van der Waals surface area contributed by atoms with Crippen LogP contribution >= 0.6 is 11.8 Å². The number of carbonyl (C=O) groups is 1. The molecule has 1 heterocycles. The van der Waals surface area contributed by atoms with E-state index in [9.17, 15) is 4.79 Å². The van der Waals surface area contributed by atoms with Crippen LogP contribution in [0.5, 0.6) is 0 Å². The molecule has 0 saturated carbocycles. The van der Waals surface area contributed by atoms with E-state index in [2.05, 4.69) is 4.98 Å². The van der Waals surface area contributed by atoms with Gasteiger partial charge in [-0.1, -0.05) is 24.3 Å². The van der Waals surface area contributed by atoms with Crippen LogP contribution in [0.4, 0.5) is 0 Å². The van der Waals surface area contributed by atoms with Gasteiger partial charge >= 0.3 is 5.97 Å². The molecule has 1 aromatic heterocycles. The van der Waals surface area contributed by atoms with Gasteiger partial charge in [-0.3, -0.25) is 4.98 Å². The number of aliphatic carboxylic acids is 1. The normalized spacial score (nSPS) is 10.7. The summed E-state index contributed by atoms with van der Waals surface area (Å²) in [6.45, 7) is 0. The standard InChI is InChI=1S/C15H13NO2S/c17-15(18)6-5-12-3-1-2-4-13(12)11-19-14-7-9-16-10-8-14/h1-10H,11H2,(H,17,18). The minimum absolute atomic E-state index is 0.796. The Labute approximate surface area is 116 Å². The molecule has 0 unspecified atom stereocenters. The summed E-state index contributed by atoms with van der Waals surface area (Å²) in [5, 5.41) is 8.67. The number of benzene rings is 1. The molecule has 0 fully saturated rings. The third kappa shape index (κ3) is 4.26. The molecule has 1 N–H and O–H groups in total. The largest absolute Gasteiger partial charge is 0.478 e. The van der Waals surface area contributed by atoms with E-state index in [1.54, 1.807) is 30.2 Å². The van der Waals surface area contributed by atoms with Gasteiger partial charge < -0.3 is 5.11 Å². The molecule has 0 saturated heterocycles. The molecule has 4 heteroatoms. The number of hydrogen-bond donors (Lipinski definition) is 1. The fourth-order valence-electron chi connectivity index (χ4n) is 1.58. The minimum atomic E-state index is -0.934. The zero-order chi connectivity index (χ0) is 13.5. The van der Waals surface area contributed by atoms with E-state index >= 15 is 0 Å². The SMILES string of the molecule is O=C(O)C=Cc1ccccc1CSc1ccncc1. The van der Waals surface area contributed by atoms with Gasteiger partial charge in [0.15, 0.2) is 0 Å². The van der Waals surface area contributed by atoms with E-state index in [1.807, 2.05) is 36.4 Å². The van der Waals surface area contributed by atoms with Crippen LogP contribution in [-0.2, 0) is 10.5 Å². The predicted molar refractivity (Wildman–Crippen MR) is 76.9 cm³/mol. The first-order valence-corrected chi connectivity index (χ1v) is 6.76. The van der Waals surface area contributed by atoms with Crippen LogP contribution in [0.1, 0.15) is 11.1 Å². The van der Waals surface area contributed by atoms with Crippen molar-refractivity contribution in [1.82, 2.24) is 4.98 Å². The van der Waals surface area contributed by atoms with Crippen molar-refractivity contribution in [3.05, 3.63) is 66.0 Å². The zero-order valence-corrected chi connectivity index (χ0v) is 11.0. The first-order chi connectivity index (χ1) is 9.25. The molecular formula is C15H13NO2S. The summed E-state index contributed by atoms with van der Waals surface area (Å²) in [7, 11) is 0. The number of thioether (sulfide) groups is 1. The first kappa shape index (κ1) is 13.4. The summed E-state index contributed by atoms with van der Waals surface area (Å²) in [5.74, 6) is -0.138. The highest BCUT2D eigenvalue weighted by Crippen LogP contribution is 2.24. The third-order valence-electron chi connectivity index (χ3n) is 2.50. The average Bonchev–Trinajstić information content (AvgIpc) is 2.45. The van der Waals surface area contributed by atoms with Gasteiger partial charge in [0.25, 0.3) is 0 Å². The summed E-state index contributed by atoms with van der Waals surface area (Å²) < 4.78 is 0. The summed E-state index contributed by atoms with van der Waals surface area (Å²) >= 11 is 1.70. The van der Waals surface area contributed by atoms with Gasteiger partial charge in [-0.05, 0) is 29.3 Å². The van der Waals surface area contributed by atoms with E-state index in [-0.39, 0.29) is 0 Å². The molecule has 1 aromatic carbocycles. The second kappa shape index (κ2) is 6.75. The van der Waals surface area contributed by atoms with E-state index in [1.165, 1.54) is 0 Å². The molecular weight excluding hydrogens is 258 g/mol. The lowest BCUT2D eigenvalue weighted by molar-refractivity contribution is -0.131. The predicted octanol–water partition coefficient (Wildman–Crippen LogP) is 3.47. The molecule has 0 aliphatic carbocycles. The topological polar surface area (TPSA) is 50.2 Å². The molecule has 0 spiro atoms. The van der Waals surface area contributed by atoms with Gasteiger partial charge in [-0.25, -0.2) is 4.79 Å². The maximum Gasteiger partial charge on any atom is 0.328 e. The number of rotatable bonds is 5. The fourth-order valence-corrected chi connectivity index (χ4v) is 2.48. The van der Waals surface area contributed by atoms with Crippen LogP contribution in [0.25, 0.3) is 6.08 Å². The molecule has 0 radical (unpaired) electrons. The van der Waals surface area contributed by atoms with E-state index in [0.717, 1.165) is 27.9 Å². The van der Waals surface area contributed by atoms with E-state index in [0.29, 0.717) is 0 Å². The summed E-state index contributed by atoms with van der Waals surface area (Å²) in [5.41, 5.74) is 2.05. The molecule has 2 rings (SSSR count). The first-order valence-electron chi connectivity index (χ1n) is 5.77. The molecule has 2 aromatic rings. The van der Waals surface area contributed by atoms with Gasteiger partial charge in [0, 0.05) is 29.1 Å². The van der Waals surface area contributed by atoms with Crippen LogP contribution in [0.3, 0.4) is 0 Å². The molecule has 0 aliphatic heterocycles. The van der Waals surface area contributed by atoms with Crippen molar-refractivity contribution in [3.63, 3.8) is 0 Å². The van der Waals surface area contributed by atoms with E-state index in [4.69, 9.17) is 5.11 Å². The lowest BCUT2D eigenvalue weighted by atomic mass is 10.1. The number of nitrogens with zero attached hydrogens (tertiary/aromatic N) is 1. The molecule has 0 atom stereocenters. The number of carboxylic acid groups (broad SMARTS) is 1. The second-order valence-corrected chi connectivity index (χ2v) is 4.89. The summed E-state index contributed by atoms with van der Waals surface area (Å²) in [6, 6.07) is 11.7. The summed E-state index contributed by atoms with van der Waals surface area (Å²) in [4.78, 5) is 15.7. The van der Waals surface area contributed by atoms with Crippen molar-refractivity contribution in [2.24, 2.45) is 0 Å². The maximum absolute atomic E-state index is 10.6. The Morgan fingerprint density at radius 3 is 2.68 bits per heavy atom. The maximum atomic E-state index is 10.6. The minimum Gasteiger partial charge on any atom is -0.478 e. The van der Waals surface area contributed by atoms with Gasteiger partial charge in [0.1, 0.15) is 0 Å². The van der Waals surface area contributed by atoms with Crippen LogP contribution in [0, 0.1) is 0 Å². The average molecular weight is 271 g/mol. The van der Waals surface area contributed by atoms with Gasteiger partial charge in [0.2, 0.25) is 0 Å². The van der Waals surface area contributed by atoms with Gasteiger partial charge in [-0.2, -0.15) is 0 Å². The Kier molecular flexibility index (Phi) is 4.75. The van der Waals surface area contributed by atoms with Crippen LogP contribution < -0.4 is 0 Å². The molecule has 96 valence electrons. The monoisotopic (exact) mass is 271 g/mol. The van der Waals surface area contributed by atoms with Crippen LogP contribution in [0.15, 0.2) is 59.8 Å². The second-order valence-electron chi connectivity index (χ2n) is 3.84. The lowest BCUT2D eigenvalue weighted by Crippen LogP contribution is -1.89. The highest BCUT2D eigenvalue weighted by molar-refractivity contribution is 7.98. The molecule has 0 bridgehead atoms. The highest BCUT2D eigenvalue weighted by Gasteiger charge is 2.01. The van der Waals surface area contributed by atoms with Crippen molar-refractivity contribution in [1.29, 1.82) is 0 Å². The zero-order valence-electron chi connectivity index (χ0n) is 10.2. The quantitative estimate of drug-likeness (QED) is 0.668. The van der Waals surface area contributed by atoms with Crippen LogP contribution in [-0.4, -0.2) is 16.1 Å². The lowest BCUT2D eigenvalue weighted by Gasteiger charge is -2.05. The van der Waals surface area contributed by atoms with Crippen LogP contribution in [0.2, 0.25) is 0 Å². The fraction of sp³-hybridized carbons (Fsp3) is 0.0667. The van der Waals surface area contributed by atoms with Crippen molar-refractivity contribution < 1.29 is 9.90 Å². The highest BCUT2D eigenvalue weighted by atomic mass is 32.2. The van der Waals surface area contributed by atoms with Crippen molar-refractivity contribution in [2.75, 3.05) is 0 Å². The Bertz CT molecular complexity index is 582. The van der Waals surface area contributed by atoms with Gasteiger partial charge in [-0.15, -0.1) is 11.8 Å². The smallest absolute Gasteiger partial charge is 0.328 e. The Morgan fingerprint density at radius 1 is 1.21 bits per heavy atom. The molecule has 0 aliphatic rings. The van der Waals surface area contributed by atoms with E-state index < -0.39 is 5.97 Å². The number of pyridine rings is 1. The van der Waals surface area contributed by atoms with Crippen molar-refractivity contribution in [2.45, 2.75) is 10.6 Å². The Morgan fingerprint density at radius 2 is 1.95 bits per heavy atom. The number of carboxylic acids is 1. The Balaban J connectivity index is 2.10. The molecule has 3 nitrogen and oxygen atoms in total. The van der Waals surface area contributed by atoms with Gasteiger partial charge in [0.05, 0.1) is 0 Å². The third-order valence-corrected chi connectivity index (χ3v) is 3.57. The van der Waals surface area contributed by atoms with Crippen molar-refractivity contribution in [3.8, 4) is 0 Å². The summed E-state index contributed by atoms with van der Waals surface area (Å²) in [6.07, 6.45) is 6.32. The molecule has 19 heavy (non-hydrogen) atoms. The number of hydrogen-bond acceptors (Lipinski definition) is 3. The Hall–Kier alpha value is -2.07. The molecule has 0 amide bonds. The van der Waals surface area contributed by atoms with Crippen molar-refractivity contribution >= 4 is 23.8 Å². The number of aromatic nitrogens is 1.